The molecule has 1 fully saturated rings. The molecule has 0 spiro atoms. The molecule has 1 heterocycles. The van der Waals surface area contributed by atoms with E-state index in [2.05, 4.69) is 5.43 Å². The van der Waals surface area contributed by atoms with Crippen LogP contribution in [0.4, 0.5) is 4.39 Å². The van der Waals surface area contributed by atoms with Gasteiger partial charge in [-0.05, 0) is 18.6 Å². The fourth-order valence-corrected chi connectivity index (χ4v) is 2.98. The Balaban J connectivity index is 2.23. The minimum atomic E-state index is -0.460. The maximum atomic E-state index is 13.9. The van der Waals surface area contributed by atoms with Crippen molar-refractivity contribution in [2.45, 2.75) is 30.9 Å². The largest absolute Gasteiger partial charge is 0.381 e. The van der Waals surface area contributed by atoms with Crippen LogP contribution in [0.5, 0.6) is 0 Å². The molecule has 1 aliphatic heterocycles. The smallest absolute Gasteiger partial charge is 0.127 e. The Morgan fingerprint density at radius 2 is 2.20 bits per heavy atom. The van der Waals surface area contributed by atoms with E-state index >= 15 is 0 Å². The first kappa shape index (κ1) is 15.7. The number of hydrogen-bond donors (Lipinski definition) is 2. The predicted molar refractivity (Wildman–Crippen MR) is 76.0 cm³/mol. The van der Waals surface area contributed by atoms with Crippen LogP contribution < -0.4 is 11.3 Å². The van der Waals surface area contributed by atoms with Crippen molar-refractivity contribution in [2.24, 2.45) is 5.84 Å². The first-order chi connectivity index (χ1) is 9.63. The fraction of sp³-hybridized carbons (Fsp3) is 0.571. The number of nitrogens with one attached hydrogen (secondary N) is 1. The number of benzene rings is 1. The molecule has 1 aromatic carbocycles. The van der Waals surface area contributed by atoms with Gasteiger partial charge in [0.25, 0.3) is 0 Å². The zero-order valence-corrected chi connectivity index (χ0v) is 12.3. The van der Waals surface area contributed by atoms with Gasteiger partial charge < -0.3 is 9.47 Å². The van der Waals surface area contributed by atoms with Crippen molar-refractivity contribution in [2.75, 3.05) is 20.3 Å². The quantitative estimate of drug-likeness (QED) is 0.646. The third kappa shape index (κ3) is 3.13. The van der Waals surface area contributed by atoms with Crippen molar-refractivity contribution < 1.29 is 13.9 Å². The van der Waals surface area contributed by atoms with Crippen molar-refractivity contribution in [3.63, 3.8) is 0 Å². The zero-order chi connectivity index (χ0) is 14.6. The summed E-state index contributed by atoms with van der Waals surface area (Å²) in [4.78, 5) is 0. The Hall–Kier alpha value is -0.720. The van der Waals surface area contributed by atoms with Crippen LogP contribution in [0.25, 0.3) is 0 Å². The second-order valence-electron chi connectivity index (χ2n) is 5.00. The van der Waals surface area contributed by atoms with Gasteiger partial charge in [-0.1, -0.05) is 17.7 Å². The summed E-state index contributed by atoms with van der Waals surface area (Å²) in [5.41, 5.74) is 2.76. The summed E-state index contributed by atoms with van der Waals surface area (Å²) in [6.07, 6.45) is 1.80. The molecule has 0 aliphatic carbocycles. The zero-order valence-electron chi connectivity index (χ0n) is 11.5. The monoisotopic (exact) mass is 302 g/mol. The molecule has 0 aromatic heterocycles. The second-order valence-corrected chi connectivity index (χ2v) is 5.41. The average molecular weight is 303 g/mol. The molecular weight excluding hydrogens is 283 g/mol. The van der Waals surface area contributed by atoms with Crippen molar-refractivity contribution in [3.05, 3.63) is 34.6 Å². The normalized spacial score (nSPS) is 19.8. The highest BCUT2D eigenvalue weighted by molar-refractivity contribution is 6.31. The summed E-state index contributed by atoms with van der Waals surface area (Å²) in [7, 11) is 1.65. The van der Waals surface area contributed by atoms with E-state index in [1.807, 2.05) is 0 Å². The topological polar surface area (TPSA) is 56.5 Å². The summed E-state index contributed by atoms with van der Waals surface area (Å²) in [5, 5.41) is 0.406. The van der Waals surface area contributed by atoms with Crippen LogP contribution in [0.2, 0.25) is 5.02 Å². The van der Waals surface area contributed by atoms with E-state index in [0.29, 0.717) is 43.1 Å². The molecule has 3 N–H and O–H groups in total. The lowest BCUT2D eigenvalue weighted by Crippen LogP contribution is -2.58. The number of rotatable bonds is 5. The van der Waals surface area contributed by atoms with Gasteiger partial charge in [-0.2, -0.15) is 0 Å². The maximum absolute atomic E-state index is 13.9. The lowest BCUT2D eigenvalue weighted by molar-refractivity contribution is -0.110. The van der Waals surface area contributed by atoms with Gasteiger partial charge in [0.1, 0.15) is 5.82 Å². The number of methoxy groups -OCH3 is 1. The van der Waals surface area contributed by atoms with Gasteiger partial charge in [-0.3, -0.25) is 11.3 Å². The van der Waals surface area contributed by atoms with Gasteiger partial charge in [-0.15, -0.1) is 0 Å². The molecular formula is C14H20ClFN2O2. The van der Waals surface area contributed by atoms with Gasteiger partial charge in [0.2, 0.25) is 0 Å². The predicted octanol–water partition coefficient (Wildman–Crippen LogP) is 2.05. The Kier molecular flexibility index (Phi) is 5.35. The molecule has 1 atom stereocenters. The van der Waals surface area contributed by atoms with Gasteiger partial charge in [0.15, 0.2) is 0 Å². The minimum absolute atomic E-state index is 0.231. The molecule has 1 aliphatic rings. The van der Waals surface area contributed by atoms with Gasteiger partial charge >= 0.3 is 0 Å². The summed E-state index contributed by atoms with van der Waals surface area (Å²) in [6, 6.07) is 4.44. The Bertz CT molecular complexity index is 433. The van der Waals surface area contributed by atoms with E-state index in [4.69, 9.17) is 26.9 Å². The molecule has 1 aromatic rings. The molecule has 1 unspecified atom stereocenters. The fourth-order valence-electron chi connectivity index (χ4n) is 2.74. The highest BCUT2D eigenvalue weighted by Gasteiger charge is 2.40. The number of hydrazine groups is 1. The molecule has 20 heavy (non-hydrogen) atoms. The molecule has 0 amide bonds. The number of nitrogens with two attached hydrogens (primary N) is 1. The van der Waals surface area contributed by atoms with E-state index < -0.39 is 5.60 Å². The van der Waals surface area contributed by atoms with E-state index in [0.717, 1.165) is 0 Å². The van der Waals surface area contributed by atoms with Crippen LogP contribution in [0.3, 0.4) is 0 Å². The Labute approximate surface area is 123 Å². The van der Waals surface area contributed by atoms with E-state index in [9.17, 15) is 4.39 Å². The van der Waals surface area contributed by atoms with E-state index in [1.165, 1.54) is 6.07 Å². The van der Waals surface area contributed by atoms with E-state index in [1.54, 1.807) is 19.2 Å². The summed E-state index contributed by atoms with van der Waals surface area (Å²) in [5.74, 6) is 5.35. The van der Waals surface area contributed by atoms with Crippen LogP contribution in [-0.4, -0.2) is 32.0 Å². The minimum Gasteiger partial charge on any atom is -0.381 e. The first-order valence-corrected chi connectivity index (χ1v) is 7.02. The molecule has 0 bridgehead atoms. The Morgan fingerprint density at radius 1 is 1.50 bits per heavy atom. The van der Waals surface area contributed by atoms with Crippen LogP contribution in [0, 0.1) is 5.82 Å². The van der Waals surface area contributed by atoms with Crippen molar-refractivity contribution >= 4 is 11.6 Å². The van der Waals surface area contributed by atoms with Gasteiger partial charge in [0, 0.05) is 43.8 Å². The highest BCUT2D eigenvalue weighted by atomic mass is 35.5. The SMILES string of the molecule is COC1(C(Cc2c(F)cccc2Cl)NN)CCOCC1. The standard InChI is InChI=1S/C14H20ClFN2O2/c1-19-14(5-7-20-8-6-14)13(18-17)9-10-11(15)3-2-4-12(10)16/h2-4,13,18H,5-9,17H2,1H3. The molecule has 112 valence electrons. The van der Waals surface area contributed by atoms with Crippen molar-refractivity contribution in [1.82, 2.24) is 5.43 Å². The first-order valence-electron chi connectivity index (χ1n) is 6.65. The molecule has 0 saturated carbocycles. The molecule has 4 nitrogen and oxygen atoms in total. The lowest BCUT2D eigenvalue weighted by atomic mass is 9.83. The van der Waals surface area contributed by atoms with Crippen LogP contribution >= 0.6 is 11.6 Å². The highest BCUT2D eigenvalue weighted by Crippen LogP contribution is 2.31. The van der Waals surface area contributed by atoms with Crippen molar-refractivity contribution in [3.8, 4) is 0 Å². The van der Waals surface area contributed by atoms with Crippen LogP contribution in [-0.2, 0) is 15.9 Å². The average Bonchev–Trinajstić information content (AvgIpc) is 2.48. The Morgan fingerprint density at radius 3 is 2.75 bits per heavy atom. The molecule has 1 saturated heterocycles. The number of hydrogen-bond acceptors (Lipinski definition) is 4. The van der Waals surface area contributed by atoms with Gasteiger partial charge in [-0.25, -0.2) is 4.39 Å². The third-order valence-electron chi connectivity index (χ3n) is 4.05. The summed E-state index contributed by atoms with van der Waals surface area (Å²) >= 11 is 6.08. The van der Waals surface area contributed by atoms with Crippen LogP contribution in [0.15, 0.2) is 18.2 Å². The second kappa shape index (κ2) is 6.83. The summed E-state index contributed by atoms with van der Waals surface area (Å²) < 4.78 is 25.0. The van der Waals surface area contributed by atoms with Crippen LogP contribution in [0.1, 0.15) is 18.4 Å². The molecule has 2 rings (SSSR count). The maximum Gasteiger partial charge on any atom is 0.127 e. The number of ether oxygens (including phenoxy) is 2. The lowest BCUT2D eigenvalue weighted by Gasteiger charge is -2.42. The summed E-state index contributed by atoms with van der Waals surface area (Å²) in [6.45, 7) is 1.22. The molecule has 0 radical (unpaired) electrons. The molecule has 6 heteroatoms. The van der Waals surface area contributed by atoms with Gasteiger partial charge in [0.05, 0.1) is 11.6 Å². The van der Waals surface area contributed by atoms with Crippen molar-refractivity contribution in [1.29, 1.82) is 0 Å². The third-order valence-corrected chi connectivity index (χ3v) is 4.41. The number of halogens is 2. The van der Waals surface area contributed by atoms with E-state index in [-0.39, 0.29) is 11.9 Å².